The van der Waals surface area contributed by atoms with Crippen LogP contribution < -0.4 is 4.90 Å². The van der Waals surface area contributed by atoms with E-state index < -0.39 is 0 Å². The second-order valence-electron chi connectivity index (χ2n) is 10.9. The van der Waals surface area contributed by atoms with E-state index in [9.17, 15) is 9.18 Å². The van der Waals surface area contributed by atoms with Gasteiger partial charge in [-0.05, 0) is 67.7 Å². The van der Waals surface area contributed by atoms with Gasteiger partial charge in [-0.2, -0.15) is 0 Å². The zero-order valence-electron chi connectivity index (χ0n) is 18.4. The maximum Gasteiger partial charge on any atom is 0.310 e. The molecule has 6 heteroatoms. The first-order chi connectivity index (χ1) is 15.0. The van der Waals surface area contributed by atoms with Crippen LogP contribution in [0.1, 0.15) is 39.0 Å². The molecule has 2 aliphatic carbocycles. The average Bonchev–Trinajstić information content (AvgIpc) is 3.46. The summed E-state index contributed by atoms with van der Waals surface area (Å²) < 4.78 is 25.2. The summed E-state index contributed by atoms with van der Waals surface area (Å²) in [5.74, 6) is 0.715. The number of ether oxygens (including phenoxy) is 2. The number of carbonyl (C=O) groups is 1. The predicted molar refractivity (Wildman–Crippen MR) is 115 cm³/mol. The average molecular weight is 429 g/mol. The molecule has 0 aromatic heterocycles. The highest BCUT2D eigenvalue weighted by atomic mass is 19.1. The highest BCUT2D eigenvalue weighted by Gasteiger charge is 2.65. The summed E-state index contributed by atoms with van der Waals surface area (Å²) in [5.41, 5.74) is 1.43. The summed E-state index contributed by atoms with van der Waals surface area (Å²) in [6.45, 7) is 7.77. The van der Waals surface area contributed by atoms with Gasteiger partial charge in [0.25, 0.3) is 0 Å². The third-order valence-corrected chi connectivity index (χ3v) is 9.10. The highest BCUT2D eigenvalue weighted by Crippen LogP contribution is 2.62. The van der Waals surface area contributed by atoms with Crippen LogP contribution in [-0.2, 0) is 14.3 Å². The fraction of sp³-hybridized carbons (Fsp3) is 0.720. The Morgan fingerprint density at radius 2 is 1.87 bits per heavy atom. The molecule has 3 saturated heterocycles. The molecular formula is C25H33FN2O3. The van der Waals surface area contributed by atoms with Gasteiger partial charge in [-0.3, -0.25) is 9.69 Å². The topological polar surface area (TPSA) is 45.3 Å². The second-order valence-corrected chi connectivity index (χ2v) is 10.9. The number of rotatable bonds is 3. The van der Waals surface area contributed by atoms with E-state index in [-0.39, 0.29) is 34.8 Å². The largest absolute Gasteiger partial charge is 0.462 e. The molecule has 0 amide bonds. The van der Waals surface area contributed by atoms with Crippen LogP contribution in [0.5, 0.6) is 0 Å². The van der Waals surface area contributed by atoms with Crippen LogP contribution in [0.15, 0.2) is 24.3 Å². The second kappa shape index (κ2) is 7.17. The van der Waals surface area contributed by atoms with Crippen molar-refractivity contribution in [2.75, 3.05) is 44.2 Å². The Kier molecular flexibility index (Phi) is 4.62. The maximum absolute atomic E-state index is 13.2. The first kappa shape index (κ1) is 20.0. The lowest BCUT2D eigenvalue weighted by Crippen LogP contribution is -2.52. The number of esters is 1. The van der Waals surface area contributed by atoms with E-state index in [2.05, 4.69) is 16.7 Å². The van der Waals surface area contributed by atoms with Crippen molar-refractivity contribution < 1.29 is 18.7 Å². The number of hydrogen-bond donors (Lipinski definition) is 0. The van der Waals surface area contributed by atoms with Gasteiger partial charge in [-0.25, -0.2) is 4.39 Å². The minimum Gasteiger partial charge on any atom is -0.462 e. The van der Waals surface area contributed by atoms with Gasteiger partial charge in [0.05, 0.1) is 18.1 Å². The zero-order chi connectivity index (χ0) is 21.2. The molecule has 3 aliphatic heterocycles. The molecule has 1 spiro atoms. The molecule has 2 saturated carbocycles. The van der Waals surface area contributed by atoms with Gasteiger partial charge in [0.1, 0.15) is 11.9 Å². The van der Waals surface area contributed by atoms with Crippen molar-refractivity contribution in [1.29, 1.82) is 0 Å². The summed E-state index contributed by atoms with van der Waals surface area (Å²) in [6.07, 6.45) is 5.84. The molecule has 5 aliphatic rings. The van der Waals surface area contributed by atoms with Crippen molar-refractivity contribution in [2.45, 2.75) is 50.7 Å². The molecule has 1 aromatic rings. The van der Waals surface area contributed by atoms with Crippen molar-refractivity contribution in [2.24, 2.45) is 23.2 Å². The molecule has 0 radical (unpaired) electrons. The molecule has 6 atom stereocenters. The number of halogens is 1. The summed E-state index contributed by atoms with van der Waals surface area (Å²) >= 11 is 0. The van der Waals surface area contributed by atoms with Gasteiger partial charge in [0.2, 0.25) is 0 Å². The summed E-state index contributed by atoms with van der Waals surface area (Å²) in [7, 11) is 0. The van der Waals surface area contributed by atoms with Crippen LogP contribution >= 0.6 is 0 Å². The minimum atomic E-state index is -0.198. The van der Waals surface area contributed by atoms with Crippen molar-refractivity contribution in [3.63, 3.8) is 0 Å². The fourth-order valence-electron chi connectivity index (χ4n) is 7.28. The standard InChI is InChI=1S/C25H33FN2O3/c1-24-7-2-8-25(16-30-25)22(24)13-19-20(23(29)31-21(19)14-24)15-27-9-11-28(12-10-27)18-5-3-17(26)4-6-18/h3-6,19-22H,2,7-16H2,1H3. The number of anilines is 1. The number of piperazine rings is 1. The van der Waals surface area contributed by atoms with Gasteiger partial charge in [0.15, 0.2) is 0 Å². The Hall–Kier alpha value is -1.66. The lowest BCUT2D eigenvalue weighted by molar-refractivity contribution is -0.147. The molecule has 31 heavy (non-hydrogen) atoms. The number of epoxide rings is 1. The number of hydrogen-bond acceptors (Lipinski definition) is 5. The normalized spacial score (nSPS) is 42.3. The van der Waals surface area contributed by atoms with Crippen molar-refractivity contribution in [3.8, 4) is 0 Å². The maximum atomic E-state index is 13.2. The Morgan fingerprint density at radius 1 is 1.13 bits per heavy atom. The van der Waals surface area contributed by atoms with Crippen molar-refractivity contribution >= 4 is 11.7 Å². The van der Waals surface area contributed by atoms with E-state index in [0.29, 0.717) is 11.8 Å². The fourth-order valence-corrected chi connectivity index (χ4v) is 7.28. The van der Waals surface area contributed by atoms with Crippen molar-refractivity contribution in [1.82, 2.24) is 4.90 Å². The Labute approximate surface area is 183 Å². The van der Waals surface area contributed by atoms with E-state index >= 15 is 0 Å². The molecule has 6 rings (SSSR count). The van der Waals surface area contributed by atoms with E-state index in [0.717, 1.165) is 57.9 Å². The number of nitrogens with zero attached hydrogens (tertiary/aromatic N) is 2. The smallest absolute Gasteiger partial charge is 0.310 e. The van der Waals surface area contributed by atoms with Crippen LogP contribution in [0.3, 0.4) is 0 Å². The van der Waals surface area contributed by atoms with E-state index in [1.165, 1.54) is 31.4 Å². The summed E-state index contributed by atoms with van der Waals surface area (Å²) in [6, 6.07) is 6.75. The number of benzene rings is 1. The zero-order valence-corrected chi connectivity index (χ0v) is 18.4. The van der Waals surface area contributed by atoms with Crippen LogP contribution in [0.4, 0.5) is 10.1 Å². The molecule has 5 nitrogen and oxygen atoms in total. The first-order valence-corrected chi connectivity index (χ1v) is 12.0. The molecule has 0 bridgehead atoms. The SMILES string of the molecule is CC12CCCC3(CO3)C1CC1C(C2)OC(=O)C1CN1CCN(c2ccc(F)cc2)CC1. The summed E-state index contributed by atoms with van der Waals surface area (Å²) in [5, 5.41) is 0. The predicted octanol–water partition coefficient (Wildman–Crippen LogP) is 3.47. The lowest BCUT2D eigenvalue weighted by atomic mass is 9.53. The molecular weight excluding hydrogens is 395 g/mol. The third-order valence-electron chi connectivity index (χ3n) is 9.10. The third kappa shape index (κ3) is 3.37. The number of fused-ring (bicyclic) bond motifs is 3. The summed E-state index contributed by atoms with van der Waals surface area (Å²) in [4.78, 5) is 17.6. The van der Waals surface area contributed by atoms with Gasteiger partial charge in [-0.15, -0.1) is 0 Å². The van der Waals surface area contributed by atoms with Crippen LogP contribution in [0.25, 0.3) is 0 Å². The molecule has 6 unspecified atom stereocenters. The Balaban J connectivity index is 1.11. The van der Waals surface area contributed by atoms with Gasteiger partial charge >= 0.3 is 5.97 Å². The van der Waals surface area contributed by atoms with Crippen LogP contribution in [-0.4, -0.2) is 61.9 Å². The van der Waals surface area contributed by atoms with Gasteiger partial charge < -0.3 is 14.4 Å². The number of carbonyl (C=O) groups excluding carboxylic acids is 1. The lowest BCUT2D eigenvalue weighted by Gasteiger charge is -2.51. The van der Waals surface area contributed by atoms with Crippen LogP contribution in [0.2, 0.25) is 0 Å². The first-order valence-electron chi connectivity index (χ1n) is 12.0. The monoisotopic (exact) mass is 428 g/mol. The molecule has 1 aromatic carbocycles. The van der Waals surface area contributed by atoms with Crippen molar-refractivity contribution in [3.05, 3.63) is 30.1 Å². The van der Waals surface area contributed by atoms with Crippen LogP contribution in [0, 0.1) is 29.0 Å². The minimum absolute atomic E-state index is 0.00959. The molecule has 168 valence electrons. The molecule has 3 heterocycles. The van der Waals surface area contributed by atoms with E-state index in [1.54, 1.807) is 0 Å². The van der Waals surface area contributed by atoms with E-state index in [4.69, 9.17) is 9.47 Å². The highest BCUT2D eigenvalue weighted by molar-refractivity contribution is 5.75. The molecule has 5 fully saturated rings. The Morgan fingerprint density at radius 3 is 2.58 bits per heavy atom. The van der Waals surface area contributed by atoms with E-state index in [1.807, 2.05) is 12.1 Å². The van der Waals surface area contributed by atoms with Gasteiger partial charge in [-0.1, -0.05) is 6.92 Å². The molecule has 0 N–H and O–H groups in total. The van der Waals surface area contributed by atoms with Gasteiger partial charge in [0, 0.05) is 44.3 Å². The quantitative estimate of drug-likeness (QED) is 0.545. The Bertz CT molecular complexity index is 849.